The van der Waals surface area contributed by atoms with Crippen molar-refractivity contribution >= 4 is 17.4 Å². The van der Waals surface area contributed by atoms with Crippen LogP contribution in [0.5, 0.6) is 0 Å². The zero-order valence-electron chi connectivity index (χ0n) is 14.7. The first-order chi connectivity index (χ1) is 11.5. The molecule has 1 aliphatic rings. The SMILES string of the molecule is CC(C#N)CN(C)C(=O)NCC(c1cccs1)N1CCN(C)CC1. The lowest BCUT2D eigenvalue weighted by atomic mass is 10.1. The Hall–Kier alpha value is -1.62. The zero-order valence-corrected chi connectivity index (χ0v) is 15.6. The normalized spacial score (nSPS) is 18.6. The summed E-state index contributed by atoms with van der Waals surface area (Å²) in [7, 11) is 3.88. The number of hydrogen-bond donors (Lipinski definition) is 1. The van der Waals surface area contributed by atoms with Crippen LogP contribution in [-0.2, 0) is 0 Å². The Labute approximate surface area is 148 Å². The minimum Gasteiger partial charge on any atom is -0.336 e. The number of urea groups is 1. The standard InChI is InChI=1S/C17H27N5OS/c1-14(11-18)13-21(3)17(23)19-12-15(16-5-4-10-24-16)22-8-6-20(2)7-9-22/h4-5,10,14-15H,6-9,12-13H2,1-3H3,(H,19,23). The van der Waals surface area contributed by atoms with Gasteiger partial charge in [0.2, 0.25) is 0 Å². The van der Waals surface area contributed by atoms with Crippen molar-refractivity contribution in [3.63, 3.8) is 0 Å². The van der Waals surface area contributed by atoms with Crippen LogP contribution in [0.15, 0.2) is 17.5 Å². The maximum Gasteiger partial charge on any atom is 0.317 e. The van der Waals surface area contributed by atoms with Crippen molar-refractivity contribution in [3.8, 4) is 6.07 Å². The molecular weight excluding hydrogens is 322 g/mol. The Morgan fingerprint density at radius 2 is 2.17 bits per heavy atom. The number of nitrogens with one attached hydrogen (secondary N) is 1. The van der Waals surface area contributed by atoms with E-state index in [4.69, 9.17) is 5.26 Å². The van der Waals surface area contributed by atoms with Gasteiger partial charge in [0.15, 0.2) is 0 Å². The Balaban J connectivity index is 1.94. The van der Waals surface area contributed by atoms with E-state index < -0.39 is 0 Å². The number of rotatable bonds is 6. The van der Waals surface area contributed by atoms with Crippen molar-refractivity contribution in [2.45, 2.75) is 13.0 Å². The number of carbonyl (C=O) groups excluding carboxylic acids is 1. The third kappa shape index (κ3) is 5.20. The molecule has 0 aliphatic carbocycles. The molecule has 2 amide bonds. The fourth-order valence-electron chi connectivity index (χ4n) is 2.88. The van der Waals surface area contributed by atoms with Crippen molar-refractivity contribution in [1.82, 2.24) is 20.0 Å². The number of carbonyl (C=O) groups is 1. The highest BCUT2D eigenvalue weighted by Crippen LogP contribution is 2.25. The molecule has 0 aromatic carbocycles. The van der Waals surface area contributed by atoms with Gasteiger partial charge in [-0.25, -0.2) is 4.79 Å². The van der Waals surface area contributed by atoms with Crippen LogP contribution in [0, 0.1) is 17.2 Å². The van der Waals surface area contributed by atoms with Crippen LogP contribution in [0.1, 0.15) is 17.8 Å². The van der Waals surface area contributed by atoms with Gasteiger partial charge in [0, 0.05) is 51.2 Å². The van der Waals surface area contributed by atoms with Crippen LogP contribution in [0.4, 0.5) is 4.79 Å². The van der Waals surface area contributed by atoms with Gasteiger partial charge in [-0.1, -0.05) is 6.07 Å². The summed E-state index contributed by atoms with van der Waals surface area (Å²) in [5.74, 6) is -0.161. The highest BCUT2D eigenvalue weighted by molar-refractivity contribution is 7.10. The molecule has 1 saturated heterocycles. The number of nitrogens with zero attached hydrogens (tertiary/aromatic N) is 4. The lowest BCUT2D eigenvalue weighted by Gasteiger charge is -2.37. The molecule has 6 nitrogen and oxygen atoms in total. The van der Waals surface area contributed by atoms with Crippen LogP contribution < -0.4 is 5.32 Å². The molecule has 2 atom stereocenters. The van der Waals surface area contributed by atoms with E-state index in [0.29, 0.717) is 13.1 Å². The molecule has 2 rings (SSSR count). The Kier molecular flexibility index (Phi) is 7.03. The van der Waals surface area contributed by atoms with Crippen molar-refractivity contribution in [2.24, 2.45) is 5.92 Å². The minimum atomic E-state index is -0.161. The van der Waals surface area contributed by atoms with Gasteiger partial charge in [-0.2, -0.15) is 5.26 Å². The van der Waals surface area contributed by atoms with Crippen LogP contribution in [0.2, 0.25) is 0 Å². The van der Waals surface area contributed by atoms with Crippen LogP contribution >= 0.6 is 11.3 Å². The Morgan fingerprint density at radius 1 is 1.46 bits per heavy atom. The predicted octanol–water partition coefficient (Wildman–Crippen LogP) is 1.84. The average molecular weight is 350 g/mol. The van der Waals surface area contributed by atoms with E-state index in [1.165, 1.54) is 4.88 Å². The molecule has 7 heteroatoms. The van der Waals surface area contributed by atoms with E-state index in [-0.39, 0.29) is 18.0 Å². The predicted molar refractivity (Wildman–Crippen MR) is 96.9 cm³/mol. The van der Waals surface area contributed by atoms with Gasteiger partial charge in [0.25, 0.3) is 0 Å². The first-order valence-corrected chi connectivity index (χ1v) is 9.23. The molecule has 0 spiro atoms. The number of piperazine rings is 1. The second-order valence-corrected chi connectivity index (χ2v) is 7.45. The van der Waals surface area contributed by atoms with E-state index in [0.717, 1.165) is 26.2 Å². The van der Waals surface area contributed by atoms with Gasteiger partial charge in [-0.3, -0.25) is 4.90 Å². The molecule has 0 bridgehead atoms. The van der Waals surface area contributed by atoms with E-state index in [2.05, 4.69) is 45.7 Å². The number of likely N-dealkylation sites (N-methyl/N-ethyl adjacent to an activating group) is 1. The molecule has 1 fully saturated rings. The van der Waals surface area contributed by atoms with Crippen molar-refractivity contribution < 1.29 is 4.79 Å². The van der Waals surface area contributed by atoms with E-state index >= 15 is 0 Å². The molecule has 1 aromatic rings. The van der Waals surface area contributed by atoms with Crippen LogP contribution in [0.25, 0.3) is 0 Å². The summed E-state index contributed by atoms with van der Waals surface area (Å²) in [6.45, 7) is 6.98. The van der Waals surface area contributed by atoms with Crippen molar-refractivity contribution in [1.29, 1.82) is 5.26 Å². The molecule has 1 aliphatic heterocycles. The highest BCUT2D eigenvalue weighted by Gasteiger charge is 2.25. The second kappa shape index (κ2) is 9.02. The molecule has 1 N–H and O–H groups in total. The van der Waals surface area contributed by atoms with Gasteiger partial charge in [0.1, 0.15) is 0 Å². The third-order valence-electron chi connectivity index (χ3n) is 4.41. The molecule has 2 unspecified atom stereocenters. The fraction of sp³-hybridized carbons (Fsp3) is 0.647. The number of thiophene rings is 1. The Morgan fingerprint density at radius 3 is 2.75 bits per heavy atom. The summed E-state index contributed by atoms with van der Waals surface area (Å²) in [6, 6.07) is 6.46. The van der Waals surface area contributed by atoms with Gasteiger partial charge in [0.05, 0.1) is 18.0 Å². The number of amides is 2. The van der Waals surface area contributed by atoms with Gasteiger partial charge in [-0.15, -0.1) is 11.3 Å². The number of nitriles is 1. The minimum absolute atomic E-state index is 0.118. The van der Waals surface area contributed by atoms with Gasteiger partial charge < -0.3 is 15.1 Å². The Bertz CT molecular complexity index is 548. The summed E-state index contributed by atoms with van der Waals surface area (Å²) in [5, 5.41) is 14.0. The second-order valence-electron chi connectivity index (χ2n) is 6.47. The smallest absolute Gasteiger partial charge is 0.317 e. The average Bonchev–Trinajstić information content (AvgIpc) is 3.10. The quantitative estimate of drug-likeness (QED) is 0.851. The third-order valence-corrected chi connectivity index (χ3v) is 5.39. The van der Waals surface area contributed by atoms with Crippen LogP contribution in [-0.4, -0.2) is 74.1 Å². The molecular formula is C17H27N5OS. The summed E-state index contributed by atoms with van der Waals surface area (Å²) in [4.78, 5) is 19.9. The maximum atomic E-state index is 12.3. The molecule has 0 saturated carbocycles. The molecule has 132 valence electrons. The van der Waals surface area contributed by atoms with Crippen molar-refractivity contribution in [3.05, 3.63) is 22.4 Å². The lowest BCUT2D eigenvalue weighted by molar-refractivity contribution is 0.111. The summed E-state index contributed by atoms with van der Waals surface area (Å²) in [5.41, 5.74) is 0. The first kappa shape index (κ1) is 18.7. The van der Waals surface area contributed by atoms with Crippen molar-refractivity contribution in [2.75, 3.05) is 53.4 Å². The molecule has 1 aromatic heterocycles. The first-order valence-electron chi connectivity index (χ1n) is 8.36. The maximum absolute atomic E-state index is 12.3. The monoisotopic (exact) mass is 349 g/mol. The van der Waals surface area contributed by atoms with E-state index in [9.17, 15) is 4.79 Å². The summed E-state index contributed by atoms with van der Waals surface area (Å²) in [6.07, 6.45) is 0. The largest absolute Gasteiger partial charge is 0.336 e. The lowest BCUT2D eigenvalue weighted by Crippen LogP contribution is -2.49. The summed E-state index contributed by atoms with van der Waals surface area (Å²) < 4.78 is 0. The topological polar surface area (TPSA) is 62.6 Å². The highest BCUT2D eigenvalue weighted by atomic mass is 32.1. The summed E-state index contributed by atoms with van der Waals surface area (Å²) >= 11 is 1.74. The molecule has 24 heavy (non-hydrogen) atoms. The van der Waals surface area contributed by atoms with E-state index in [1.807, 2.05) is 6.92 Å². The molecule has 0 radical (unpaired) electrons. The fourth-order valence-corrected chi connectivity index (χ4v) is 3.74. The van der Waals surface area contributed by atoms with Gasteiger partial charge >= 0.3 is 6.03 Å². The van der Waals surface area contributed by atoms with Crippen LogP contribution in [0.3, 0.4) is 0 Å². The molecule has 2 heterocycles. The van der Waals surface area contributed by atoms with E-state index in [1.54, 1.807) is 23.3 Å². The number of hydrogen-bond acceptors (Lipinski definition) is 5. The zero-order chi connectivity index (χ0) is 17.5. The van der Waals surface area contributed by atoms with Gasteiger partial charge in [-0.05, 0) is 25.4 Å².